The van der Waals surface area contributed by atoms with Crippen molar-refractivity contribution in [3.8, 4) is 11.5 Å². The second-order valence-electron chi connectivity index (χ2n) is 7.95. The quantitative estimate of drug-likeness (QED) is 0.230. The number of nitrogens with one attached hydrogen (secondary N) is 1. The molecule has 1 heterocycles. The molecule has 1 fully saturated rings. The number of imide groups is 1. The zero-order chi connectivity index (χ0) is 27.2. The fourth-order valence-electron chi connectivity index (χ4n) is 3.51. The molecule has 1 N–H and O–H groups in total. The van der Waals surface area contributed by atoms with Crippen molar-refractivity contribution in [3.63, 3.8) is 0 Å². The number of nitrogens with zero attached hydrogens (tertiary/aromatic N) is 2. The highest BCUT2D eigenvalue weighted by Crippen LogP contribution is 2.35. The number of hydrogen-bond acceptors (Lipinski definition) is 8. The van der Waals surface area contributed by atoms with Crippen molar-refractivity contribution in [1.82, 2.24) is 4.90 Å². The lowest BCUT2D eigenvalue weighted by Crippen LogP contribution is -2.27. The Balaban J connectivity index is 1.42. The first-order valence-electron chi connectivity index (χ1n) is 11.1. The number of rotatable bonds is 9. The third kappa shape index (κ3) is 6.34. The van der Waals surface area contributed by atoms with E-state index in [0.29, 0.717) is 22.6 Å². The maximum absolute atomic E-state index is 13.0. The van der Waals surface area contributed by atoms with Crippen LogP contribution in [-0.2, 0) is 16.1 Å². The smallest absolute Gasteiger partial charge is 0.293 e. The SMILES string of the molecule is COc1cc(/C=C2/SC(=O)N(Cc3cccc([N+](=O)[O-])c3)C2=O)ccc1OCC(=O)Nc1ccc(F)cc1. The van der Waals surface area contributed by atoms with Crippen molar-refractivity contribution >= 4 is 46.3 Å². The van der Waals surface area contributed by atoms with Gasteiger partial charge in [0.1, 0.15) is 5.82 Å². The molecule has 3 aromatic rings. The number of nitro groups is 1. The molecule has 194 valence electrons. The van der Waals surface area contributed by atoms with Gasteiger partial charge in [-0.15, -0.1) is 0 Å². The molecular formula is C26H20FN3O7S. The first kappa shape index (κ1) is 26.4. The largest absolute Gasteiger partial charge is 0.493 e. The first-order valence-corrected chi connectivity index (χ1v) is 11.9. The van der Waals surface area contributed by atoms with Crippen LogP contribution in [0.3, 0.4) is 0 Å². The number of thioether (sulfide) groups is 1. The van der Waals surface area contributed by atoms with Gasteiger partial charge in [0, 0.05) is 17.8 Å². The Morgan fingerprint density at radius 1 is 1.11 bits per heavy atom. The Bertz CT molecular complexity index is 1440. The summed E-state index contributed by atoms with van der Waals surface area (Å²) in [4.78, 5) is 49.2. The van der Waals surface area contributed by atoms with Gasteiger partial charge in [0.2, 0.25) is 0 Å². The van der Waals surface area contributed by atoms with Gasteiger partial charge in [-0.25, -0.2) is 4.39 Å². The fraction of sp³-hybridized carbons (Fsp3) is 0.115. The average Bonchev–Trinajstić information content (AvgIpc) is 3.16. The van der Waals surface area contributed by atoms with E-state index in [4.69, 9.17) is 9.47 Å². The first-order chi connectivity index (χ1) is 18.2. The number of methoxy groups -OCH3 is 1. The number of amides is 3. The minimum atomic E-state index is -0.546. The summed E-state index contributed by atoms with van der Waals surface area (Å²) < 4.78 is 23.9. The van der Waals surface area contributed by atoms with Crippen molar-refractivity contribution < 1.29 is 33.2 Å². The van der Waals surface area contributed by atoms with Crippen LogP contribution in [0, 0.1) is 15.9 Å². The van der Waals surface area contributed by atoms with Crippen LogP contribution < -0.4 is 14.8 Å². The van der Waals surface area contributed by atoms with Crippen LogP contribution in [0.1, 0.15) is 11.1 Å². The Kier molecular flexibility index (Phi) is 8.02. The fourth-order valence-corrected chi connectivity index (χ4v) is 4.34. The van der Waals surface area contributed by atoms with Gasteiger partial charge in [-0.2, -0.15) is 0 Å². The predicted octanol–water partition coefficient (Wildman–Crippen LogP) is 5.00. The van der Waals surface area contributed by atoms with Crippen molar-refractivity contribution in [2.24, 2.45) is 0 Å². The Labute approximate surface area is 220 Å². The molecule has 1 aliphatic heterocycles. The van der Waals surface area contributed by atoms with Crippen LogP contribution in [0.5, 0.6) is 11.5 Å². The van der Waals surface area contributed by atoms with Gasteiger partial charge in [-0.3, -0.25) is 29.4 Å². The molecule has 12 heteroatoms. The summed E-state index contributed by atoms with van der Waals surface area (Å²) in [6.45, 7) is -0.427. The van der Waals surface area contributed by atoms with Gasteiger partial charge >= 0.3 is 0 Å². The molecule has 0 atom stereocenters. The van der Waals surface area contributed by atoms with Gasteiger partial charge < -0.3 is 14.8 Å². The standard InChI is InChI=1S/C26H20FN3O7S/c1-36-22-12-16(5-10-21(22)37-15-24(31)28-19-8-6-18(27)7-9-19)13-23-25(32)29(26(33)38-23)14-17-3-2-4-20(11-17)30(34)35/h2-13H,14-15H2,1H3,(H,28,31)/b23-13+. The van der Waals surface area contributed by atoms with Crippen LogP contribution in [-0.4, -0.2) is 40.6 Å². The summed E-state index contributed by atoms with van der Waals surface area (Å²) >= 11 is 0.756. The highest BCUT2D eigenvalue weighted by Gasteiger charge is 2.35. The molecule has 1 saturated heterocycles. The van der Waals surface area contributed by atoms with Crippen LogP contribution in [0.25, 0.3) is 6.08 Å². The molecule has 4 rings (SSSR count). The number of benzene rings is 3. The lowest BCUT2D eigenvalue weighted by Gasteiger charge is -2.12. The van der Waals surface area contributed by atoms with Gasteiger partial charge in [0.25, 0.3) is 22.7 Å². The summed E-state index contributed by atoms with van der Waals surface area (Å²) in [6, 6.07) is 15.8. The molecule has 10 nitrogen and oxygen atoms in total. The molecule has 0 aliphatic carbocycles. The zero-order valence-electron chi connectivity index (χ0n) is 19.9. The van der Waals surface area contributed by atoms with Crippen molar-refractivity contribution in [3.05, 3.63) is 98.7 Å². The van der Waals surface area contributed by atoms with Gasteiger partial charge in [0.15, 0.2) is 18.1 Å². The number of carbonyl (C=O) groups is 3. The molecule has 38 heavy (non-hydrogen) atoms. The Morgan fingerprint density at radius 3 is 2.58 bits per heavy atom. The minimum Gasteiger partial charge on any atom is -0.493 e. The lowest BCUT2D eigenvalue weighted by atomic mass is 10.1. The lowest BCUT2D eigenvalue weighted by molar-refractivity contribution is -0.384. The van der Waals surface area contributed by atoms with E-state index in [9.17, 15) is 28.9 Å². The number of nitro benzene ring substituents is 1. The van der Waals surface area contributed by atoms with E-state index >= 15 is 0 Å². The third-order valence-corrected chi connectivity index (χ3v) is 6.22. The second kappa shape index (κ2) is 11.6. The Hall–Kier alpha value is -4.71. The molecule has 0 bridgehead atoms. The van der Waals surface area contributed by atoms with Crippen LogP contribution in [0.2, 0.25) is 0 Å². The highest BCUT2D eigenvalue weighted by molar-refractivity contribution is 8.18. The van der Waals surface area contributed by atoms with E-state index in [0.717, 1.165) is 16.7 Å². The molecular weight excluding hydrogens is 517 g/mol. The van der Waals surface area contributed by atoms with E-state index < -0.39 is 27.8 Å². The Morgan fingerprint density at radius 2 is 1.87 bits per heavy atom. The van der Waals surface area contributed by atoms with Gasteiger partial charge in [-0.05, 0) is 65.4 Å². The molecule has 0 aromatic heterocycles. The number of carbonyl (C=O) groups excluding carboxylic acids is 3. The topological polar surface area (TPSA) is 128 Å². The summed E-state index contributed by atoms with van der Waals surface area (Å²) in [5.41, 5.74) is 1.29. The molecule has 0 radical (unpaired) electrons. The van der Waals surface area contributed by atoms with E-state index in [1.807, 2.05) is 0 Å². The molecule has 1 aliphatic rings. The summed E-state index contributed by atoms with van der Waals surface area (Å²) in [7, 11) is 1.41. The summed E-state index contributed by atoms with van der Waals surface area (Å²) in [6.07, 6.45) is 1.52. The summed E-state index contributed by atoms with van der Waals surface area (Å²) in [5, 5.41) is 13.1. The van der Waals surface area contributed by atoms with Crippen molar-refractivity contribution in [2.45, 2.75) is 6.54 Å². The maximum atomic E-state index is 13.0. The van der Waals surface area contributed by atoms with E-state index in [-0.39, 0.29) is 29.5 Å². The average molecular weight is 538 g/mol. The predicted molar refractivity (Wildman–Crippen MR) is 138 cm³/mol. The number of anilines is 1. The van der Waals surface area contributed by atoms with E-state index in [1.165, 1.54) is 55.7 Å². The molecule has 3 aromatic carbocycles. The number of ether oxygens (including phenoxy) is 2. The molecule has 0 unspecified atom stereocenters. The van der Waals surface area contributed by atoms with Gasteiger partial charge in [0.05, 0.1) is 23.5 Å². The molecule has 0 saturated carbocycles. The summed E-state index contributed by atoms with van der Waals surface area (Å²) in [5.74, 6) is -0.832. The van der Waals surface area contributed by atoms with Crippen LogP contribution in [0.15, 0.2) is 71.6 Å². The van der Waals surface area contributed by atoms with E-state index in [2.05, 4.69) is 5.32 Å². The molecule has 3 amide bonds. The van der Waals surface area contributed by atoms with Gasteiger partial charge in [-0.1, -0.05) is 18.2 Å². The van der Waals surface area contributed by atoms with Crippen molar-refractivity contribution in [1.29, 1.82) is 0 Å². The number of non-ortho nitro benzene ring substituents is 1. The second-order valence-corrected chi connectivity index (χ2v) is 8.94. The monoisotopic (exact) mass is 537 g/mol. The highest BCUT2D eigenvalue weighted by atomic mass is 32.2. The molecule has 0 spiro atoms. The van der Waals surface area contributed by atoms with E-state index in [1.54, 1.807) is 24.3 Å². The third-order valence-electron chi connectivity index (χ3n) is 5.31. The minimum absolute atomic E-state index is 0.0974. The normalized spacial score (nSPS) is 14.1. The number of halogens is 1. The van der Waals surface area contributed by atoms with Crippen LogP contribution >= 0.6 is 11.8 Å². The van der Waals surface area contributed by atoms with Crippen molar-refractivity contribution in [2.75, 3.05) is 19.0 Å². The van der Waals surface area contributed by atoms with Crippen LogP contribution in [0.4, 0.5) is 20.6 Å². The number of hydrogen-bond donors (Lipinski definition) is 1. The maximum Gasteiger partial charge on any atom is 0.293 e. The zero-order valence-corrected chi connectivity index (χ0v) is 20.7.